The lowest BCUT2D eigenvalue weighted by Crippen LogP contribution is -2.35. The highest BCUT2D eigenvalue weighted by atomic mass is 35.5. The van der Waals surface area contributed by atoms with Crippen LogP contribution in [-0.2, 0) is 6.54 Å². The molecule has 0 radical (unpaired) electrons. The Morgan fingerprint density at radius 2 is 2.07 bits per heavy atom. The van der Waals surface area contributed by atoms with Crippen molar-refractivity contribution in [3.8, 4) is 5.75 Å². The zero-order valence-electron chi connectivity index (χ0n) is 15.3. The van der Waals surface area contributed by atoms with Crippen LogP contribution >= 0.6 is 35.8 Å². The first-order valence-electron chi connectivity index (χ1n) is 9.08. The molecule has 28 heavy (non-hydrogen) atoms. The predicted molar refractivity (Wildman–Crippen MR) is 117 cm³/mol. The largest absolute Gasteiger partial charge is 0.478 e. The summed E-state index contributed by atoms with van der Waals surface area (Å²) in [6.45, 7) is 2.50. The molecule has 1 aliphatic heterocycles. The average molecular weight is 440 g/mol. The maximum atomic E-state index is 12.4. The molecule has 150 valence electrons. The highest BCUT2D eigenvalue weighted by Crippen LogP contribution is 2.22. The highest BCUT2D eigenvalue weighted by molar-refractivity contribution is 7.81. The minimum Gasteiger partial charge on any atom is -0.478 e. The standard InChI is InChI=1S/C20H23Cl2N3O2S/c21-18-5-4-13(6-19(18)22)9-25-20(26)14-2-1-3-16(7-14)27-12-23-10-15-8-17(28)11-24-15/h1-7,15,17,23-24,28H,8-12H2,(H,25,26)/t15-,17-/m0/s1. The van der Waals surface area contributed by atoms with Crippen molar-refractivity contribution in [3.63, 3.8) is 0 Å². The first-order chi connectivity index (χ1) is 13.5. The van der Waals surface area contributed by atoms with Crippen LogP contribution in [-0.4, -0.2) is 37.0 Å². The fourth-order valence-electron chi connectivity index (χ4n) is 2.98. The van der Waals surface area contributed by atoms with Crippen molar-refractivity contribution in [1.29, 1.82) is 0 Å². The minimum atomic E-state index is -0.181. The van der Waals surface area contributed by atoms with E-state index in [4.69, 9.17) is 27.9 Å². The third-order valence-electron chi connectivity index (χ3n) is 4.46. The molecule has 1 heterocycles. The second-order valence-electron chi connectivity index (χ2n) is 6.70. The van der Waals surface area contributed by atoms with E-state index in [2.05, 4.69) is 28.6 Å². The van der Waals surface area contributed by atoms with Gasteiger partial charge in [0, 0.05) is 36.5 Å². The quantitative estimate of drug-likeness (QED) is 0.288. The molecule has 1 saturated heterocycles. The third kappa shape index (κ3) is 6.29. The number of nitrogens with one attached hydrogen (secondary N) is 3. The fourth-order valence-corrected chi connectivity index (χ4v) is 3.66. The van der Waals surface area contributed by atoms with Crippen molar-refractivity contribution in [2.75, 3.05) is 19.8 Å². The Labute approximate surface area is 180 Å². The molecular weight excluding hydrogens is 417 g/mol. The molecule has 0 aliphatic carbocycles. The van der Waals surface area contributed by atoms with Gasteiger partial charge in [-0.3, -0.25) is 10.1 Å². The summed E-state index contributed by atoms with van der Waals surface area (Å²) in [5, 5.41) is 10.9. The number of ether oxygens (including phenoxy) is 1. The monoisotopic (exact) mass is 439 g/mol. The van der Waals surface area contributed by atoms with E-state index in [1.807, 2.05) is 12.1 Å². The van der Waals surface area contributed by atoms with Gasteiger partial charge in [-0.25, -0.2) is 0 Å². The lowest BCUT2D eigenvalue weighted by molar-refractivity contribution is 0.0950. The van der Waals surface area contributed by atoms with Crippen molar-refractivity contribution in [2.45, 2.75) is 24.3 Å². The van der Waals surface area contributed by atoms with Gasteiger partial charge in [-0.1, -0.05) is 35.3 Å². The van der Waals surface area contributed by atoms with E-state index in [1.54, 1.807) is 30.3 Å². The van der Waals surface area contributed by atoms with Gasteiger partial charge in [0.1, 0.15) is 12.5 Å². The van der Waals surface area contributed by atoms with Crippen LogP contribution in [0.15, 0.2) is 42.5 Å². The van der Waals surface area contributed by atoms with Gasteiger partial charge < -0.3 is 15.4 Å². The van der Waals surface area contributed by atoms with Crippen molar-refractivity contribution in [3.05, 3.63) is 63.6 Å². The molecule has 2 aromatic carbocycles. The maximum Gasteiger partial charge on any atom is 0.251 e. The van der Waals surface area contributed by atoms with Gasteiger partial charge in [0.05, 0.1) is 10.0 Å². The molecule has 1 fully saturated rings. The average Bonchev–Trinajstić information content (AvgIpc) is 3.11. The number of halogens is 2. The molecule has 1 amide bonds. The number of carbonyl (C=O) groups excluding carboxylic acids is 1. The molecule has 2 aromatic rings. The van der Waals surface area contributed by atoms with Crippen LogP contribution in [0.1, 0.15) is 22.3 Å². The molecule has 1 aliphatic rings. The lowest BCUT2D eigenvalue weighted by atomic mass is 10.2. The van der Waals surface area contributed by atoms with Crippen LogP contribution in [0.3, 0.4) is 0 Å². The van der Waals surface area contributed by atoms with Crippen molar-refractivity contribution >= 4 is 41.7 Å². The van der Waals surface area contributed by atoms with Crippen LogP contribution in [0.5, 0.6) is 5.75 Å². The van der Waals surface area contributed by atoms with Gasteiger partial charge in [0.2, 0.25) is 0 Å². The molecule has 2 atom stereocenters. The van der Waals surface area contributed by atoms with Gasteiger partial charge in [0.15, 0.2) is 0 Å². The molecule has 0 unspecified atom stereocenters. The first kappa shape index (κ1) is 21.3. The second kappa shape index (κ2) is 10.4. The Kier molecular flexibility index (Phi) is 7.88. The summed E-state index contributed by atoms with van der Waals surface area (Å²) in [5.74, 6) is 0.459. The van der Waals surface area contributed by atoms with Crippen molar-refractivity contribution in [1.82, 2.24) is 16.0 Å². The molecule has 3 N–H and O–H groups in total. The summed E-state index contributed by atoms with van der Waals surface area (Å²) in [4.78, 5) is 12.4. The van der Waals surface area contributed by atoms with Crippen molar-refractivity contribution in [2.24, 2.45) is 0 Å². The summed E-state index contributed by atoms with van der Waals surface area (Å²) in [5.41, 5.74) is 1.41. The third-order valence-corrected chi connectivity index (χ3v) is 5.60. The van der Waals surface area contributed by atoms with E-state index in [-0.39, 0.29) is 5.91 Å². The van der Waals surface area contributed by atoms with Crippen LogP contribution in [0.2, 0.25) is 10.0 Å². The van der Waals surface area contributed by atoms with Crippen LogP contribution < -0.4 is 20.7 Å². The van der Waals surface area contributed by atoms with Crippen LogP contribution in [0.25, 0.3) is 0 Å². The number of benzene rings is 2. The summed E-state index contributed by atoms with van der Waals surface area (Å²) in [6, 6.07) is 12.8. The van der Waals surface area contributed by atoms with Gasteiger partial charge >= 0.3 is 0 Å². The van der Waals surface area contributed by atoms with Gasteiger partial charge in [-0.15, -0.1) is 0 Å². The molecular formula is C20H23Cl2N3O2S. The summed E-state index contributed by atoms with van der Waals surface area (Å²) >= 11 is 16.4. The first-order valence-corrected chi connectivity index (χ1v) is 10.4. The highest BCUT2D eigenvalue weighted by Gasteiger charge is 2.20. The molecule has 0 saturated carbocycles. The van der Waals surface area contributed by atoms with E-state index >= 15 is 0 Å². The normalized spacial score (nSPS) is 18.8. The Balaban J connectivity index is 1.45. The Morgan fingerprint density at radius 1 is 1.21 bits per heavy atom. The number of amides is 1. The van der Waals surface area contributed by atoms with Gasteiger partial charge in [0.25, 0.3) is 5.91 Å². The number of thiol groups is 1. The smallest absolute Gasteiger partial charge is 0.251 e. The molecule has 0 spiro atoms. The van der Waals surface area contributed by atoms with Gasteiger partial charge in [-0.05, 0) is 42.3 Å². The Morgan fingerprint density at radius 3 is 2.82 bits per heavy atom. The Hall–Kier alpha value is -1.44. The van der Waals surface area contributed by atoms with Gasteiger partial charge in [-0.2, -0.15) is 12.6 Å². The van der Waals surface area contributed by atoms with E-state index in [1.165, 1.54) is 0 Å². The fraction of sp³-hybridized carbons (Fsp3) is 0.350. The number of hydrogen-bond donors (Lipinski definition) is 4. The van der Waals surface area contributed by atoms with E-state index in [9.17, 15) is 4.79 Å². The predicted octanol–water partition coefficient (Wildman–Crippen LogP) is 3.51. The summed E-state index contributed by atoms with van der Waals surface area (Å²) in [7, 11) is 0. The van der Waals surface area contributed by atoms with Crippen molar-refractivity contribution < 1.29 is 9.53 Å². The zero-order valence-corrected chi connectivity index (χ0v) is 17.7. The topological polar surface area (TPSA) is 62.4 Å². The maximum absolute atomic E-state index is 12.4. The molecule has 0 bridgehead atoms. The number of rotatable bonds is 8. The van der Waals surface area contributed by atoms with Crippen LogP contribution in [0, 0.1) is 0 Å². The molecule has 5 nitrogen and oxygen atoms in total. The second-order valence-corrected chi connectivity index (χ2v) is 8.24. The van der Waals surface area contributed by atoms with E-state index < -0.39 is 0 Å². The summed E-state index contributed by atoms with van der Waals surface area (Å²) in [6.07, 6.45) is 1.05. The molecule has 0 aromatic heterocycles. The Bertz CT molecular complexity index is 822. The number of hydrogen-bond acceptors (Lipinski definition) is 5. The van der Waals surface area contributed by atoms with E-state index in [0.717, 1.165) is 25.1 Å². The van der Waals surface area contributed by atoms with Crippen LogP contribution in [0.4, 0.5) is 0 Å². The minimum absolute atomic E-state index is 0.181. The zero-order chi connectivity index (χ0) is 19.9. The SMILES string of the molecule is O=C(NCc1ccc(Cl)c(Cl)c1)c1cccc(OCNC[C@@H]2C[C@H](S)CN2)c1. The lowest BCUT2D eigenvalue weighted by Gasteiger charge is -2.13. The number of carbonyl (C=O) groups is 1. The van der Waals surface area contributed by atoms with E-state index in [0.29, 0.717) is 45.9 Å². The molecule has 3 rings (SSSR count). The summed E-state index contributed by atoms with van der Waals surface area (Å²) < 4.78 is 5.71. The molecule has 8 heteroatoms.